The Balaban J connectivity index is 0.00000729. The molecular formula is C19H40IN5O3. The highest BCUT2D eigenvalue weighted by atomic mass is 127. The Labute approximate surface area is 187 Å². The van der Waals surface area contributed by atoms with Gasteiger partial charge in [0, 0.05) is 32.8 Å². The summed E-state index contributed by atoms with van der Waals surface area (Å²) in [6.07, 6.45) is 0.787. The zero-order valence-electron chi connectivity index (χ0n) is 18.6. The van der Waals surface area contributed by atoms with E-state index in [1.54, 1.807) is 4.90 Å². The van der Waals surface area contributed by atoms with Crippen molar-refractivity contribution in [3.63, 3.8) is 0 Å². The lowest BCUT2D eigenvalue weighted by Gasteiger charge is -2.40. The Kier molecular flexibility index (Phi) is 13.0. The van der Waals surface area contributed by atoms with Crippen molar-refractivity contribution < 1.29 is 14.3 Å². The van der Waals surface area contributed by atoms with Crippen LogP contribution in [0.4, 0.5) is 4.79 Å². The first-order valence-electron chi connectivity index (χ1n) is 9.93. The van der Waals surface area contributed by atoms with Gasteiger partial charge in [-0.1, -0.05) is 0 Å². The molecule has 0 aliphatic carbocycles. The monoisotopic (exact) mass is 513 g/mol. The van der Waals surface area contributed by atoms with E-state index >= 15 is 0 Å². The van der Waals surface area contributed by atoms with Crippen LogP contribution in [0.15, 0.2) is 4.99 Å². The highest BCUT2D eigenvalue weighted by molar-refractivity contribution is 14.0. The third-order valence-corrected chi connectivity index (χ3v) is 3.97. The summed E-state index contributed by atoms with van der Waals surface area (Å²) in [5.41, 5.74) is -0.465. The topological polar surface area (TPSA) is 78.4 Å². The largest absolute Gasteiger partial charge is 0.444 e. The molecule has 0 aromatic rings. The number of amides is 1. The van der Waals surface area contributed by atoms with Crippen LogP contribution in [-0.2, 0) is 9.47 Å². The van der Waals surface area contributed by atoms with Gasteiger partial charge >= 0.3 is 6.09 Å². The van der Waals surface area contributed by atoms with E-state index in [-0.39, 0.29) is 42.2 Å². The number of carbonyl (C=O) groups excluding carboxylic acids is 1. The second kappa shape index (κ2) is 13.4. The Morgan fingerprint density at radius 2 is 1.93 bits per heavy atom. The van der Waals surface area contributed by atoms with E-state index in [2.05, 4.69) is 34.6 Å². The maximum absolute atomic E-state index is 12.0. The quantitative estimate of drug-likeness (QED) is 0.280. The fraction of sp³-hybridized carbons (Fsp3) is 0.895. The minimum Gasteiger partial charge on any atom is -0.444 e. The number of nitrogens with one attached hydrogen (secondary N) is 2. The minimum atomic E-state index is -0.465. The first-order valence-corrected chi connectivity index (χ1v) is 9.93. The van der Waals surface area contributed by atoms with Crippen molar-refractivity contribution in [2.45, 2.75) is 58.8 Å². The number of aliphatic imine (C=N–C) groups is 1. The molecule has 166 valence electrons. The summed E-state index contributed by atoms with van der Waals surface area (Å²) in [4.78, 5) is 20.6. The molecule has 0 radical (unpaired) electrons. The molecule has 0 bridgehead atoms. The fourth-order valence-electron chi connectivity index (χ4n) is 2.62. The number of carbonyl (C=O) groups is 1. The summed E-state index contributed by atoms with van der Waals surface area (Å²) in [5.74, 6) is 0.765. The average Bonchev–Trinajstić information content (AvgIpc) is 2.50. The van der Waals surface area contributed by atoms with Crippen LogP contribution in [0, 0.1) is 0 Å². The van der Waals surface area contributed by atoms with E-state index < -0.39 is 5.60 Å². The lowest BCUT2D eigenvalue weighted by molar-refractivity contribution is 0.00700. The van der Waals surface area contributed by atoms with Crippen molar-refractivity contribution >= 4 is 36.0 Å². The van der Waals surface area contributed by atoms with Gasteiger partial charge in [-0.05, 0) is 55.1 Å². The van der Waals surface area contributed by atoms with Crippen molar-refractivity contribution in [1.29, 1.82) is 0 Å². The van der Waals surface area contributed by atoms with Gasteiger partial charge in [0.15, 0.2) is 5.96 Å². The van der Waals surface area contributed by atoms with Crippen molar-refractivity contribution in [1.82, 2.24) is 20.4 Å². The van der Waals surface area contributed by atoms with E-state index in [4.69, 9.17) is 9.47 Å². The zero-order valence-corrected chi connectivity index (χ0v) is 20.9. The number of halogens is 1. The number of hydrogen-bond acceptors (Lipinski definition) is 5. The fourth-order valence-corrected chi connectivity index (χ4v) is 2.62. The van der Waals surface area contributed by atoms with Crippen LogP contribution < -0.4 is 10.6 Å². The molecule has 1 saturated heterocycles. The van der Waals surface area contributed by atoms with Gasteiger partial charge in [0.05, 0.1) is 18.7 Å². The molecule has 1 heterocycles. The van der Waals surface area contributed by atoms with Crippen LogP contribution >= 0.6 is 24.0 Å². The van der Waals surface area contributed by atoms with Gasteiger partial charge in [0.1, 0.15) is 5.60 Å². The molecule has 0 saturated carbocycles. The van der Waals surface area contributed by atoms with Crippen LogP contribution in [-0.4, -0.2) is 93.0 Å². The molecule has 1 fully saturated rings. The van der Waals surface area contributed by atoms with Crippen molar-refractivity contribution in [3.05, 3.63) is 0 Å². The van der Waals surface area contributed by atoms with Gasteiger partial charge in [-0.25, -0.2) is 4.79 Å². The van der Waals surface area contributed by atoms with Gasteiger partial charge in [0.25, 0.3) is 0 Å². The summed E-state index contributed by atoms with van der Waals surface area (Å²) in [7, 11) is 4.12. The second-order valence-corrected chi connectivity index (χ2v) is 8.12. The number of ether oxygens (including phenoxy) is 2. The second-order valence-electron chi connectivity index (χ2n) is 8.12. The third kappa shape index (κ3) is 11.3. The first kappa shape index (κ1) is 27.2. The smallest absolute Gasteiger partial charge is 0.410 e. The molecular weight excluding hydrogens is 473 g/mol. The number of likely N-dealkylation sites (tertiary alicyclic amines) is 1. The number of guanidine groups is 1. The molecule has 28 heavy (non-hydrogen) atoms. The number of rotatable bonds is 9. The summed E-state index contributed by atoms with van der Waals surface area (Å²) in [6, 6.07) is 0.183. The van der Waals surface area contributed by atoms with Crippen LogP contribution in [0.1, 0.15) is 41.0 Å². The average molecular weight is 513 g/mol. The van der Waals surface area contributed by atoms with E-state index in [1.165, 1.54) is 0 Å². The molecule has 1 atom stereocenters. The van der Waals surface area contributed by atoms with E-state index in [0.29, 0.717) is 26.2 Å². The van der Waals surface area contributed by atoms with Crippen LogP contribution in [0.2, 0.25) is 0 Å². The van der Waals surface area contributed by atoms with Crippen LogP contribution in [0.3, 0.4) is 0 Å². The van der Waals surface area contributed by atoms with Gasteiger partial charge < -0.3 is 29.9 Å². The Morgan fingerprint density at radius 1 is 1.29 bits per heavy atom. The highest BCUT2D eigenvalue weighted by Gasteiger charge is 2.34. The van der Waals surface area contributed by atoms with Gasteiger partial charge in [-0.2, -0.15) is 0 Å². The SMILES string of the molecule is CCNC(=NCC(CCN(C)C)OCC)NC1CN(C(=O)OC(C)(C)C)C1.I. The molecule has 0 aromatic heterocycles. The molecule has 9 heteroatoms. The molecule has 1 aliphatic rings. The van der Waals surface area contributed by atoms with Gasteiger partial charge in [0.2, 0.25) is 0 Å². The lowest BCUT2D eigenvalue weighted by atomic mass is 10.1. The van der Waals surface area contributed by atoms with E-state index in [0.717, 1.165) is 25.5 Å². The summed E-state index contributed by atoms with van der Waals surface area (Å²) >= 11 is 0. The predicted molar refractivity (Wildman–Crippen MR) is 125 cm³/mol. The van der Waals surface area contributed by atoms with Crippen molar-refractivity contribution in [3.8, 4) is 0 Å². The molecule has 1 amide bonds. The minimum absolute atomic E-state index is 0. The predicted octanol–water partition coefficient (Wildman–Crippen LogP) is 2.14. The third-order valence-electron chi connectivity index (χ3n) is 3.97. The Hall–Kier alpha value is -0.810. The van der Waals surface area contributed by atoms with Crippen LogP contribution in [0.5, 0.6) is 0 Å². The Bertz CT molecular complexity index is 477. The molecule has 1 rings (SSSR count). The first-order chi connectivity index (χ1) is 12.6. The zero-order chi connectivity index (χ0) is 20.4. The summed E-state index contributed by atoms with van der Waals surface area (Å²) < 4.78 is 11.2. The van der Waals surface area contributed by atoms with Gasteiger partial charge in [-0.15, -0.1) is 24.0 Å². The van der Waals surface area contributed by atoms with E-state index in [1.807, 2.05) is 34.6 Å². The summed E-state index contributed by atoms with van der Waals surface area (Å²) in [6.45, 7) is 14.0. The molecule has 8 nitrogen and oxygen atoms in total. The normalized spacial score (nSPS) is 16.3. The molecule has 1 aliphatic heterocycles. The molecule has 1 unspecified atom stereocenters. The summed E-state index contributed by atoms with van der Waals surface area (Å²) in [5, 5.41) is 6.65. The lowest BCUT2D eigenvalue weighted by Crippen LogP contribution is -2.63. The van der Waals surface area contributed by atoms with Gasteiger partial charge in [-0.3, -0.25) is 4.99 Å². The number of nitrogens with zero attached hydrogens (tertiary/aromatic N) is 3. The maximum Gasteiger partial charge on any atom is 0.410 e. The molecule has 0 aromatic carbocycles. The van der Waals surface area contributed by atoms with Crippen molar-refractivity contribution in [2.24, 2.45) is 4.99 Å². The highest BCUT2D eigenvalue weighted by Crippen LogP contribution is 2.15. The van der Waals surface area contributed by atoms with E-state index in [9.17, 15) is 4.79 Å². The Morgan fingerprint density at radius 3 is 2.43 bits per heavy atom. The van der Waals surface area contributed by atoms with Crippen LogP contribution in [0.25, 0.3) is 0 Å². The molecule has 2 N–H and O–H groups in total. The molecule has 0 spiro atoms. The standard InChI is InChI=1S/C19H39N5O3.HI/c1-8-20-17(21-12-16(26-9-2)10-11-23(6)7)22-15-13-24(14-15)18(25)27-19(3,4)5;/h15-16H,8-14H2,1-7H3,(H2,20,21,22);1H. The maximum atomic E-state index is 12.0. The number of hydrogen-bond donors (Lipinski definition) is 2. The van der Waals surface area contributed by atoms with Crippen molar-refractivity contribution in [2.75, 3.05) is 53.4 Å².